The Labute approximate surface area is 165 Å². The molecule has 1 fully saturated rings. The van der Waals surface area contributed by atoms with Crippen molar-refractivity contribution in [1.29, 1.82) is 0 Å². The van der Waals surface area contributed by atoms with Gasteiger partial charge in [-0.2, -0.15) is 0 Å². The fraction of sp³-hybridized carbons (Fsp3) is 0.632. The zero-order chi connectivity index (χ0) is 20.1. The molecule has 3 rings (SSSR count). The molecule has 1 saturated heterocycles. The Morgan fingerprint density at radius 2 is 1.82 bits per heavy atom. The van der Waals surface area contributed by atoms with Gasteiger partial charge in [-0.15, -0.1) is 0 Å². The highest BCUT2D eigenvalue weighted by molar-refractivity contribution is 7.53. The predicted molar refractivity (Wildman–Crippen MR) is 110 cm³/mol. The Kier molecular flexibility index (Phi) is 6.86. The Bertz CT molecular complexity index is 898. The van der Waals surface area contributed by atoms with Crippen LogP contribution in [0.15, 0.2) is 23.3 Å². The highest BCUT2D eigenvalue weighted by Gasteiger charge is 2.28. The molecule has 0 N–H and O–H groups in total. The van der Waals surface area contributed by atoms with Gasteiger partial charge in [0.25, 0.3) is 5.56 Å². The molecule has 154 valence electrons. The zero-order valence-corrected chi connectivity index (χ0v) is 17.7. The van der Waals surface area contributed by atoms with Gasteiger partial charge in [0.05, 0.1) is 24.8 Å². The van der Waals surface area contributed by atoms with Crippen LogP contribution in [-0.2, 0) is 20.7 Å². The summed E-state index contributed by atoms with van der Waals surface area (Å²) in [5.74, 6) is 1.36. The molecule has 0 radical (unpaired) electrons. The predicted octanol–water partition coefficient (Wildman–Crippen LogP) is 3.20. The fourth-order valence-electron chi connectivity index (χ4n) is 3.75. The van der Waals surface area contributed by atoms with Crippen molar-refractivity contribution >= 4 is 24.4 Å². The third-order valence-corrected chi connectivity index (χ3v) is 7.37. The van der Waals surface area contributed by atoms with E-state index in [2.05, 4.69) is 14.9 Å². The number of anilines is 1. The third-order valence-electron chi connectivity index (χ3n) is 5.26. The summed E-state index contributed by atoms with van der Waals surface area (Å²) in [7, 11) is -1.24. The van der Waals surface area contributed by atoms with Crippen LogP contribution in [-0.4, -0.2) is 47.0 Å². The van der Waals surface area contributed by atoms with E-state index in [1.807, 2.05) is 13.8 Å². The Morgan fingerprint density at radius 1 is 1.14 bits per heavy atom. The van der Waals surface area contributed by atoms with Crippen molar-refractivity contribution < 1.29 is 13.6 Å². The fourth-order valence-corrected chi connectivity index (χ4v) is 5.55. The van der Waals surface area contributed by atoms with E-state index in [0.29, 0.717) is 30.9 Å². The van der Waals surface area contributed by atoms with Gasteiger partial charge in [-0.05, 0) is 45.1 Å². The van der Waals surface area contributed by atoms with E-state index in [9.17, 15) is 9.36 Å². The molecule has 9 heteroatoms. The number of pyridine rings is 1. The van der Waals surface area contributed by atoms with E-state index in [1.165, 1.54) is 6.33 Å². The summed E-state index contributed by atoms with van der Waals surface area (Å²) in [5, 5.41) is 0.889. The molecule has 0 aliphatic carbocycles. The zero-order valence-electron chi connectivity index (χ0n) is 16.8. The van der Waals surface area contributed by atoms with Crippen LogP contribution in [0.2, 0.25) is 0 Å². The number of hydrogen-bond donors (Lipinski definition) is 0. The van der Waals surface area contributed by atoms with E-state index < -0.39 is 7.60 Å². The van der Waals surface area contributed by atoms with Crippen LogP contribution >= 0.6 is 7.60 Å². The lowest BCUT2D eigenvalue weighted by Crippen LogP contribution is -2.35. The van der Waals surface area contributed by atoms with Gasteiger partial charge < -0.3 is 13.9 Å². The molecular weight excluding hydrogens is 379 g/mol. The standard InChI is InChI=1S/C19H29N4O4P/c1-4-26-28(25,27-5-2)13-10-15-8-11-23(12-9-15)19-16-6-7-17(24)22(3)18(16)20-14-21-19/h6-7,14-15H,4-5,8-13H2,1-3H3. The number of piperidine rings is 1. The molecule has 0 aromatic carbocycles. The molecule has 28 heavy (non-hydrogen) atoms. The lowest BCUT2D eigenvalue weighted by atomic mass is 9.94. The number of nitrogens with zero attached hydrogens (tertiary/aromatic N) is 4. The molecule has 0 saturated carbocycles. The molecule has 0 spiro atoms. The summed E-state index contributed by atoms with van der Waals surface area (Å²) in [6, 6.07) is 3.36. The van der Waals surface area contributed by atoms with Crippen molar-refractivity contribution in [3.63, 3.8) is 0 Å². The molecule has 3 heterocycles. The van der Waals surface area contributed by atoms with Crippen molar-refractivity contribution in [2.24, 2.45) is 13.0 Å². The molecule has 8 nitrogen and oxygen atoms in total. The number of fused-ring (bicyclic) bond motifs is 1. The summed E-state index contributed by atoms with van der Waals surface area (Å²) in [6.07, 6.45) is 4.82. The second-order valence-corrected chi connectivity index (χ2v) is 9.24. The van der Waals surface area contributed by atoms with Crippen molar-refractivity contribution in [3.05, 3.63) is 28.8 Å². The third kappa shape index (κ3) is 4.62. The minimum Gasteiger partial charge on any atom is -0.356 e. The molecule has 2 aromatic heterocycles. The summed E-state index contributed by atoms with van der Waals surface area (Å²) >= 11 is 0. The Balaban J connectivity index is 1.65. The van der Waals surface area contributed by atoms with E-state index in [-0.39, 0.29) is 5.56 Å². The second-order valence-electron chi connectivity index (χ2n) is 7.05. The maximum absolute atomic E-state index is 12.6. The van der Waals surface area contributed by atoms with Crippen LogP contribution in [0.5, 0.6) is 0 Å². The first-order chi connectivity index (χ1) is 13.5. The largest absolute Gasteiger partial charge is 0.356 e. The summed E-state index contributed by atoms with van der Waals surface area (Å²) in [6.45, 7) is 6.22. The normalized spacial score (nSPS) is 16.0. The first-order valence-corrected chi connectivity index (χ1v) is 11.6. The summed E-state index contributed by atoms with van der Waals surface area (Å²) in [4.78, 5) is 22.8. The van der Waals surface area contributed by atoms with Gasteiger partial charge in [0.15, 0.2) is 0 Å². The van der Waals surface area contributed by atoms with E-state index in [0.717, 1.165) is 43.6 Å². The average molecular weight is 408 g/mol. The van der Waals surface area contributed by atoms with E-state index in [1.54, 1.807) is 23.7 Å². The SMILES string of the molecule is CCOP(=O)(CCC1CCN(c2ncnc3c2ccc(=O)n3C)CC1)OCC. The number of hydrogen-bond acceptors (Lipinski definition) is 7. The van der Waals surface area contributed by atoms with Gasteiger partial charge in [-0.3, -0.25) is 13.9 Å². The molecule has 1 aliphatic heterocycles. The van der Waals surface area contributed by atoms with Crippen molar-refractivity contribution in [2.75, 3.05) is 37.4 Å². The molecule has 0 bridgehead atoms. The smallest absolute Gasteiger partial charge is 0.330 e. The van der Waals surface area contributed by atoms with Crippen LogP contribution in [0.3, 0.4) is 0 Å². The minimum absolute atomic E-state index is 0.0797. The lowest BCUT2D eigenvalue weighted by Gasteiger charge is -2.33. The minimum atomic E-state index is -2.97. The molecule has 1 aliphatic rings. The molecule has 2 aromatic rings. The summed E-state index contributed by atoms with van der Waals surface area (Å²) in [5.41, 5.74) is 0.567. The van der Waals surface area contributed by atoms with Crippen LogP contribution in [0, 0.1) is 5.92 Å². The van der Waals surface area contributed by atoms with Crippen LogP contribution in [0.1, 0.15) is 33.1 Å². The summed E-state index contributed by atoms with van der Waals surface area (Å²) < 4.78 is 25.0. The molecule has 0 amide bonds. The molecule has 0 atom stereocenters. The number of aromatic nitrogens is 3. The average Bonchev–Trinajstić information content (AvgIpc) is 2.70. The topological polar surface area (TPSA) is 86.5 Å². The van der Waals surface area contributed by atoms with Crippen LogP contribution in [0.4, 0.5) is 5.82 Å². The second kappa shape index (κ2) is 9.16. The molecular formula is C19H29N4O4P. The van der Waals surface area contributed by atoms with Gasteiger partial charge in [-0.25, -0.2) is 9.97 Å². The first-order valence-electron chi connectivity index (χ1n) is 9.91. The van der Waals surface area contributed by atoms with Crippen molar-refractivity contribution in [1.82, 2.24) is 14.5 Å². The maximum Gasteiger partial charge on any atom is 0.330 e. The van der Waals surface area contributed by atoms with Crippen LogP contribution < -0.4 is 10.5 Å². The lowest BCUT2D eigenvalue weighted by molar-refractivity contribution is 0.217. The van der Waals surface area contributed by atoms with Crippen molar-refractivity contribution in [3.8, 4) is 0 Å². The number of rotatable bonds is 8. The van der Waals surface area contributed by atoms with Gasteiger partial charge in [0.2, 0.25) is 0 Å². The Hall–Kier alpha value is -1.76. The highest BCUT2D eigenvalue weighted by atomic mass is 31.2. The maximum atomic E-state index is 12.6. The van der Waals surface area contributed by atoms with Gasteiger partial charge in [0.1, 0.15) is 17.8 Å². The van der Waals surface area contributed by atoms with Gasteiger partial charge in [0, 0.05) is 26.2 Å². The first kappa shape index (κ1) is 21.0. The van der Waals surface area contributed by atoms with E-state index in [4.69, 9.17) is 9.05 Å². The van der Waals surface area contributed by atoms with E-state index >= 15 is 0 Å². The highest BCUT2D eigenvalue weighted by Crippen LogP contribution is 2.49. The van der Waals surface area contributed by atoms with Crippen LogP contribution in [0.25, 0.3) is 11.0 Å². The Morgan fingerprint density at radius 3 is 2.46 bits per heavy atom. The van der Waals surface area contributed by atoms with Gasteiger partial charge in [-0.1, -0.05) is 0 Å². The quantitative estimate of drug-likeness (QED) is 0.620. The van der Waals surface area contributed by atoms with Gasteiger partial charge >= 0.3 is 7.60 Å². The monoisotopic (exact) mass is 408 g/mol. The number of aryl methyl sites for hydroxylation is 1. The molecule has 0 unspecified atom stereocenters. The van der Waals surface area contributed by atoms with Crippen molar-refractivity contribution in [2.45, 2.75) is 33.1 Å².